The summed E-state index contributed by atoms with van der Waals surface area (Å²) >= 11 is 0. The second-order valence-corrected chi connectivity index (χ2v) is 4.54. The Morgan fingerprint density at radius 1 is 0.826 bits per heavy atom. The first-order valence-corrected chi connectivity index (χ1v) is 5.73. The molecule has 1 rings (SSSR count). The van der Waals surface area contributed by atoms with Gasteiger partial charge in [0, 0.05) is 5.69 Å². The van der Waals surface area contributed by atoms with Crippen LogP contribution in [-0.2, 0) is 4.79 Å². The molecule has 11 heteroatoms. The van der Waals surface area contributed by atoms with Crippen molar-refractivity contribution < 1.29 is 44.3 Å². The summed E-state index contributed by atoms with van der Waals surface area (Å²) in [6.07, 6.45) is -6.97. The first-order chi connectivity index (χ1) is 10.1. The van der Waals surface area contributed by atoms with Gasteiger partial charge in [0.25, 0.3) is 0 Å². The topological polar surface area (TPSA) is 29.1 Å². The molecular weight excluding hydrogens is 345 g/mol. The lowest BCUT2D eigenvalue weighted by atomic mass is 10.0. The Balaban J connectivity index is 3.13. The average molecular weight is 353 g/mol. The minimum Gasteiger partial charge on any atom is -0.321 e. The van der Waals surface area contributed by atoms with Crippen molar-refractivity contribution in [3.05, 3.63) is 29.8 Å². The molecule has 0 atom stereocenters. The van der Waals surface area contributed by atoms with Crippen LogP contribution in [0.15, 0.2) is 24.3 Å². The number of amides is 1. The van der Waals surface area contributed by atoms with E-state index < -0.39 is 35.5 Å². The van der Waals surface area contributed by atoms with E-state index in [4.69, 9.17) is 0 Å². The summed E-state index contributed by atoms with van der Waals surface area (Å²) in [6, 6.07) is 4.47. The van der Waals surface area contributed by atoms with Crippen LogP contribution < -0.4 is 5.32 Å². The average Bonchev–Trinajstić information content (AvgIpc) is 2.39. The van der Waals surface area contributed by atoms with Crippen LogP contribution in [0.1, 0.15) is 5.56 Å². The third-order valence-electron chi connectivity index (χ3n) is 2.74. The number of alkyl halides is 9. The minimum atomic E-state index is -7.10. The van der Waals surface area contributed by atoms with E-state index in [2.05, 4.69) is 0 Å². The number of carbonyl (C=O) groups is 1. The molecule has 0 radical (unpaired) electrons. The fourth-order valence-corrected chi connectivity index (χ4v) is 1.36. The molecule has 0 bridgehead atoms. The Bertz CT molecular complexity index is 577. The van der Waals surface area contributed by atoms with Crippen LogP contribution >= 0.6 is 0 Å². The monoisotopic (exact) mass is 353 g/mol. The number of aryl methyl sites for hydroxylation is 1. The molecule has 1 N–H and O–H groups in total. The van der Waals surface area contributed by atoms with Crippen molar-refractivity contribution >= 4 is 11.6 Å². The van der Waals surface area contributed by atoms with Gasteiger partial charge in [0.15, 0.2) is 0 Å². The van der Waals surface area contributed by atoms with Crippen LogP contribution in [0.4, 0.5) is 45.2 Å². The molecule has 23 heavy (non-hydrogen) atoms. The molecule has 2 nitrogen and oxygen atoms in total. The number of anilines is 1. The van der Waals surface area contributed by atoms with Gasteiger partial charge in [-0.05, 0) is 19.1 Å². The lowest BCUT2D eigenvalue weighted by molar-refractivity contribution is -0.388. The van der Waals surface area contributed by atoms with Crippen LogP contribution in [-0.4, -0.2) is 29.9 Å². The molecule has 0 fully saturated rings. The van der Waals surface area contributed by atoms with Gasteiger partial charge < -0.3 is 5.32 Å². The summed E-state index contributed by atoms with van der Waals surface area (Å²) < 4.78 is 113. The Labute approximate surface area is 123 Å². The molecular formula is C12H8F9NO. The van der Waals surface area contributed by atoms with Gasteiger partial charge >= 0.3 is 29.9 Å². The fourth-order valence-electron chi connectivity index (χ4n) is 1.36. The predicted octanol–water partition coefficient (Wildman–Crippen LogP) is 4.40. The van der Waals surface area contributed by atoms with Crippen molar-refractivity contribution in [3.8, 4) is 0 Å². The highest BCUT2D eigenvalue weighted by Crippen LogP contribution is 2.53. The van der Waals surface area contributed by atoms with Crippen LogP contribution in [0, 0.1) is 6.92 Å². The molecule has 130 valence electrons. The third-order valence-corrected chi connectivity index (χ3v) is 2.74. The zero-order valence-electron chi connectivity index (χ0n) is 11.1. The van der Waals surface area contributed by atoms with Gasteiger partial charge in [-0.25, -0.2) is 0 Å². The number of nitrogens with one attached hydrogen (secondary N) is 1. The van der Waals surface area contributed by atoms with Crippen molar-refractivity contribution in [2.75, 3.05) is 5.32 Å². The molecule has 0 saturated heterocycles. The SMILES string of the molecule is Cc1ccc(NC(=O)C(F)(F)C(F)(F)C(F)(F)C(F)(F)F)cc1. The second-order valence-electron chi connectivity index (χ2n) is 4.54. The maximum Gasteiger partial charge on any atom is 0.460 e. The Hall–Kier alpha value is -1.94. The van der Waals surface area contributed by atoms with Gasteiger partial charge in [0.2, 0.25) is 0 Å². The van der Waals surface area contributed by atoms with Crippen molar-refractivity contribution in [1.29, 1.82) is 0 Å². The van der Waals surface area contributed by atoms with Crippen molar-refractivity contribution in [3.63, 3.8) is 0 Å². The Morgan fingerprint density at radius 2 is 1.26 bits per heavy atom. The van der Waals surface area contributed by atoms with Crippen LogP contribution in [0.25, 0.3) is 0 Å². The van der Waals surface area contributed by atoms with Gasteiger partial charge in [-0.3, -0.25) is 4.79 Å². The molecule has 1 aromatic carbocycles. The minimum absolute atomic E-state index is 0.480. The highest BCUT2D eigenvalue weighted by molar-refractivity contribution is 5.97. The summed E-state index contributed by atoms with van der Waals surface area (Å²) in [5.74, 6) is -23.4. The van der Waals surface area contributed by atoms with Crippen molar-refractivity contribution in [2.45, 2.75) is 30.9 Å². The number of benzene rings is 1. The standard InChI is InChI=1S/C12H8F9NO/c1-6-2-4-7(5-3-6)22-8(23)9(13,14)10(15,16)11(17,18)12(19,20)21/h2-5H,1H3,(H,22,23). The summed E-state index contributed by atoms with van der Waals surface area (Å²) in [5, 5.41) is 1.17. The van der Waals surface area contributed by atoms with Gasteiger partial charge in [-0.2, -0.15) is 39.5 Å². The normalized spacial score (nSPS) is 13.8. The van der Waals surface area contributed by atoms with E-state index in [-0.39, 0.29) is 0 Å². The zero-order valence-corrected chi connectivity index (χ0v) is 11.1. The van der Waals surface area contributed by atoms with E-state index in [1.54, 1.807) is 6.92 Å². The Morgan fingerprint density at radius 3 is 1.65 bits per heavy atom. The number of carbonyl (C=O) groups excluding carboxylic acids is 1. The largest absolute Gasteiger partial charge is 0.460 e. The third kappa shape index (κ3) is 3.22. The molecule has 1 amide bonds. The van der Waals surface area contributed by atoms with E-state index >= 15 is 0 Å². The summed E-state index contributed by atoms with van der Waals surface area (Å²) in [7, 11) is 0. The van der Waals surface area contributed by atoms with E-state index in [9.17, 15) is 44.3 Å². The lowest BCUT2D eigenvalue weighted by Crippen LogP contribution is -2.64. The molecule has 0 spiro atoms. The molecule has 0 aliphatic carbocycles. The lowest BCUT2D eigenvalue weighted by Gasteiger charge is -2.32. The smallest absolute Gasteiger partial charge is 0.321 e. The molecule has 0 unspecified atom stereocenters. The van der Waals surface area contributed by atoms with Gasteiger partial charge in [0.1, 0.15) is 0 Å². The Kier molecular flexibility index (Phi) is 4.66. The molecule has 0 aliphatic heterocycles. The first-order valence-electron chi connectivity index (χ1n) is 5.73. The second kappa shape index (κ2) is 5.60. The number of rotatable bonds is 4. The molecule has 0 aromatic heterocycles. The highest BCUT2D eigenvalue weighted by atomic mass is 19.4. The molecule has 0 saturated carbocycles. The van der Waals surface area contributed by atoms with Gasteiger partial charge in [-0.1, -0.05) is 17.7 Å². The molecule has 1 aromatic rings. The summed E-state index contributed by atoms with van der Waals surface area (Å²) in [6.45, 7) is 1.55. The maximum absolute atomic E-state index is 13.2. The zero-order chi connectivity index (χ0) is 18.3. The van der Waals surface area contributed by atoms with E-state index in [0.29, 0.717) is 5.56 Å². The van der Waals surface area contributed by atoms with Crippen molar-refractivity contribution in [1.82, 2.24) is 0 Å². The number of hydrogen-bond acceptors (Lipinski definition) is 1. The highest BCUT2D eigenvalue weighted by Gasteiger charge is 2.83. The molecule has 0 aliphatic rings. The van der Waals surface area contributed by atoms with E-state index in [1.165, 1.54) is 17.4 Å². The van der Waals surface area contributed by atoms with Crippen LogP contribution in [0.2, 0.25) is 0 Å². The van der Waals surface area contributed by atoms with E-state index in [1.807, 2.05) is 0 Å². The fraction of sp³-hybridized carbons (Fsp3) is 0.417. The number of halogens is 9. The maximum atomic E-state index is 13.2. The van der Waals surface area contributed by atoms with Crippen LogP contribution in [0.5, 0.6) is 0 Å². The molecule has 0 heterocycles. The first kappa shape index (κ1) is 19.1. The summed E-state index contributed by atoms with van der Waals surface area (Å²) in [5.41, 5.74) is 0.107. The number of hydrogen-bond donors (Lipinski definition) is 1. The quantitative estimate of drug-likeness (QED) is 0.799. The van der Waals surface area contributed by atoms with Gasteiger partial charge in [-0.15, -0.1) is 0 Å². The van der Waals surface area contributed by atoms with E-state index in [0.717, 1.165) is 12.1 Å². The predicted molar refractivity (Wildman–Crippen MR) is 60.7 cm³/mol. The van der Waals surface area contributed by atoms with Crippen LogP contribution in [0.3, 0.4) is 0 Å². The van der Waals surface area contributed by atoms with Gasteiger partial charge in [0.05, 0.1) is 0 Å². The summed E-state index contributed by atoms with van der Waals surface area (Å²) in [4.78, 5) is 11.1. The van der Waals surface area contributed by atoms with Crippen molar-refractivity contribution in [2.24, 2.45) is 0 Å².